The topological polar surface area (TPSA) is 111 Å². The van der Waals surface area contributed by atoms with Crippen LogP contribution in [0.15, 0.2) is 77.3 Å². The summed E-state index contributed by atoms with van der Waals surface area (Å²) in [7, 11) is 1.61. The summed E-state index contributed by atoms with van der Waals surface area (Å²) >= 11 is 1.43. The molecule has 1 aliphatic heterocycles. The number of halogens is 2. The zero-order valence-electron chi connectivity index (χ0n) is 18.9. The van der Waals surface area contributed by atoms with Crippen molar-refractivity contribution in [2.75, 3.05) is 28.4 Å². The Bertz CT molecular complexity index is 1440. The molecule has 0 bridgehead atoms. The van der Waals surface area contributed by atoms with Crippen LogP contribution in [0.2, 0.25) is 0 Å². The van der Waals surface area contributed by atoms with Crippen molar-refractivity contribution in [2.24, 2.45) is 5.10 Å². The number of urea groups is 1. The number of hydrogen-bond acceptors (Lipinski definition) is 8. The van der Waals surface area contributed by atoms with Crippen molar-refractivity contribution in [2.45, 2.75) is 0 Å². The van der Waals surface area contributed by atoms with E-state index in [4.69, 9.17) is 5.73 Å². The second-order valence-electron chi connectivity index (χ2n) is 7.73. The standard InChI is InChI=1S/C24H20F2N8OS/c1-33-32-31-23(34(33)19-5-2-4-18(25)21(19)26)17-12-15(13-28-22(17)27)14-7-9-16(10-8-14)29-24(35)30-20-6-3-11-36-20/h2-13,32H,1H3,(H2,27,28)(H2,29,30,35). The lowest BCUT2D eigenvalue weighted by atomic mass is 10.0. The molecule has 3 heterocycles. The molecule has 5 N–H and O–H groups in total. The van der Waals surface area contributed by atoms with E-state index in [0.29, 0.717) is 16.8 Å². The first-order valence-corrected chi connectivity index (χ1v) is 11.6. The first-order chi connectivity index (χ1) is 17.4. The highest BCUT2D eigenvalue weighted by Gasteiger charge is 2.30. The van der Waals surface area contributed by atoms with Crippen molar-refractivity contribution in [3.8, 4) is 11.1 Å². The molecular weight excluding hydrogens is 486 g/mol. The van der Waals surface area contributed by atoms with E-state index in [0.717, 1.165) is 16.6 Å². The monoisotopic (exact) mass is 506 g/mol. The molecule has 5 rings (SSSR count). The summed E-state index contributed by atoms with van der Waals surface area (Å²) in [5.41, 5.74) is 11.4. The number of nitrogens with two attached hydrogens (primary N) is 1. The van der Waals surface area contributed by atoms with Crippen molar-refractivity contribution >= 4 is 45.4 Å². The molecule has 0 saturated heterocycles. The van der Waals surface area contributed by atoms with Gasteiger partial charge in [0.15, 0.2) is 17.5 Å². The number of hydrazine groups is 2. The van der Waals surface area contributed by atoms with Gasteiger partial charge in [-0.05, 0) is 53.4 Å². The molecule has 2 aromatic carbocycles. The molecule has 2 aromatic heterocycles. The van der Waals surface area contributed by atoms with Crippen LogP contribution in [0.1, 0.15) is 5.56 Å². The lowest BCUT2D eigenvalue weighted by Gasteiger charge is -2.26. The maximum absolute atomic E-state index is 14.6. The van der Waals surface area contributed by atoms with Crippen molar-refractivity contribution in [3.63, 3.8) is 0 Å². The maximum Gasteiger partial charge on any atom is 0.324 e. The average Bonchev–Trinajstić information content (AvgIpc) is 3.51. The smallest absolute Gasteiger partial charge is 0.324 e. The van der Waals surface area contributed by atoms with Gasteiger partial charge in [0.25, 0.3) is 0 Å². The zero-order chi connectivity index (χ0) is 25.2. The van der Waals surface area contributed by atoms with Gasteiger partial charge in [0, 0.05) is 24.5 Å². The highest BCUT2D eigenvalue weighted by atomic mass is 32.1. The van der Waals surface area contributed by atoms with Crippen LogP contribution in [0.4, 0.5) is 35.8 Å². The third-order valence-corrected chi connectivity index (χ3v) is 6.14. The van der Waals surface area contributed by atoms with Gasteiger partial charge in [0.2, 0.25) is 0 Å². The Kier molecular flexibility index (Phi) is 6.19. The first-order valence-electron chi connectivity index (χ1n) is 10.7. The van der Waals surface area contributed by atoms with Gasteiger partial charge in [-0.15, -0.1) is 21.6 Å². The molecular formula is C24H20F2N8OS. The van der Waals surface area contributed by atoms with E-state index in [9.17, 15) is 13.6 Å². The number of pyridine rings is 1. The van der Waals surface area contributed by atoms with E-state index in [1.54, 1.807) is 31.4 Å². The molecule has 0 spiro atoms. The average molecular weight is 507 g/mol. The van der Waals surface area contributed by atoms with Crippen LogP contribution in [0.5, 0.6) is 0 Å². The fraction of sp³-hybridized carbons (Fsp3) is 0.0417. The molecule has 0 fully saturated rings. The van der Waals surface area contributed by atoms with E-state index in [2.05, 4.69) is 26.3 Å². The SMILES string of the molecule is CN1NN=C(c2cc(-c3ccc(NC(=O)Nc4cccs4)cc3)cnc2N)N1c1cccc(F)c1F. The van der Waals surface area contributed by atoms with E-state index in [-0.39, 0.29) is 23.4 Å². The van der Waals surface area contributed by atoms with Crippen molar-refractivity contribution in [3.05, 3.63) is 89.4 Å². The van der Waals surface area contributed by atoms with Crippen molar-refractivity contribution in [1.82, 2.24) is 15.6 Å². The Hall–Kier alpha value is -4.55. The number of amidine groups is 1. The Balaban J connectivity index is 1.39. The number of benzene rings is 2. The highest BCUT2D eigenvalue weighted by Crippen LogP contribution is 2.30. The number of carbonyl (C=O) groups excluding carboxylic acids is 1. The normalized spacial score (nSPS) is 13.3. The summed E-state index contributed by atoms with van der Waals surface area (Å²) in [6.45, 7) is 0. The van der Waals surface area contributed by atoms with Crippen molar-refractivity contribution < 1.29 is 13.6 Å². The lowest BCUT2D eigenvalue weighted by Crippen LogP contribution is -2.44. The number of hydrogen-bond donors (Lipinski definition) is 4. The number of carbonyl (C=O) groups is 1. The molecule has 2 amide bonds. The lowest BCUT2D eigenvalue weighted by molar-refractivity contribution is 0.262. The molecule has 0 radical (unpaired) electrons. The van der Waals surface area contributed by atoms with Crippen LogP contribution in [0.25, 0.3) is 11.1 Å². The third kappa shape index (κ3) is 4.54. The van der Waals surface area contributed by atoms with E-state index in [1.165, 1.54) is 33.6 Å². The molecule has 0 unspecified atom stereocenters. The summed E-state index contributed by atoms with van der Waals surface area (Å²) in [6, 6.07) is 16.1. The fourth-order valence-corrected chi connectivity index (χ4v) is 4.25. The second-order valence-corrected chi connectivity index (χ2v) is 8.68. The number of thiophene rings is 1. The number of hydrazone groups is 1. The van der Waals surface area contributed by atoms with Gasteiger partial charge in [-0.2, -0.15) is 0 Å². The van der Waals surface area contributed by atoms with Gasteiger partial charge in [0.05, 0.1) is 10.6 Å². The summed E-state index contributed by atoms with van der Waals surface area (Å²) in [4.78, 5) is 16.4. The highest BCUT2D eigenvalue weighted by molar-refractivity contribution is 7.14. The van der Waals surface area contributed by atoms with Gasteiger partial charge in [-0.25, -0.2) is 29.1 Å². The molecule has 0 atom stereocenters. The maximum atomic E-state index is 14.6. The number of nitrogens with one attached hydrogen (secondary N) is 3. The van der Waals surface area contributed by atoms with Crippen LogP contribution in [-0.2, 0) is 0 Å². The zero-order valence-corrected chi connectivity index (χ0v) is 19.7. The van der Waals surface area contributed by atoms with Gasteiger partial charge in [-0.3, -0.25) is 5.32 Å². The molecule has 12 heteroatoms. The van der Waals surface area contributed by atoms with Crippen LogP contribution >= 0.6 is 11.3 Å². The summed E-state index contributed by atoms with van der Waals surface area (Å²) in [6.07, 6.45) is 1.60. The Labute approximate surface area is 208 Å². The molecule has 1 aliphatic rings. The van der Waals surface area contributed by atoms with Gasteiger partial charge >= 0.3 is 6.03 Å². The fourth-order valence-electron chi connectivity index (χ4n) is 3.64. The number of nitrogens with zero attached hydrogens (tertiary/aromatic N) is 4. The van der Waals surface area contributed by atoms with Gasteiger partial charge in [-0.1, -0.05) is 18.2 Å². The minimum absolute atomic E-state index is 0.0395. The second kappa shape index (κ2) is 9.60. The van der Waals surface area contributed by atoms with Gasteiger partial charge in [0.1, 0.15) is 11.5 Å². The molecule has 0 aliphatic carbocycles. The summed E-state index contributed by atoms with van der Waals surface area (Å²) < 4.78 is 28.5. The molecule has 182 valence electrons. The van der Waals surface area contributed by atoms with Crippen LogP contribution in [-0.4, -0.2) is 29.0 Å². The van der Waals surface area contributed by atoms with E-state index < -0.39 is 11.6 Å². The summed E-state index contributed by atoms with van der Waals surface area (Å²) in [5.74, 6) is -1.59. The van der Waals surface area contributed by atoms with E-state index in [1.807, 2.05) is 29.6 Å². The Morgan fingerprint density at radius 3 is 2.61 bits per heavy atom. The number of amides is 2. The van der Waals surface area contributed by atoms with E-state index >= 15 is 0 Å². The Morgan fingerprint density at radius 2 is 1.86 bits per heavy atom. The first kappa shape index (κ1) is 23.2. The number of rotatable bonds is 5. The minimum Gasteiger partial charge on any atom is -0.383 e. The Morgan fingerprint density at radius 1 is 1.06 bits per heavy atom. The number of anilines is 4. The predicted molar refractivity (Wildman–Crippen MR) is 137 cm³/mol. The van der Waals surface area contributed by atoms with Crippen LogP contribution < -0.4 is 26.9 Å². The van der Waals surface area contributed by atoms with Crippen molar-refractivity contribution in [1.29, 1.82) is 0 Å². The van der Waals surface area contributed by atoms with Crippen LogP contribution in [0.3, 0.4) is 0 Å². The van der Waals surface area contributed by atoms with Gasteiger partial charge < -0.3 is 11.1 Å². The molecule has 36 heavy (non-hydrogen) atoms. The molecule has 4 aromatic rings. The molecule has 0 saturated carbocycles. The third-order valence-electron chi connectivity index (χ3n) is 5.35. The van der Waals surface area contributed by atoms with Crippen LogP contribution in [0, 0.1) is 11.6 Å². The quantitative estimate of drug-likeness (QED) is 0.308. The number of aromatic nitrogens is 1. The largest absolute Gasteiger partial charge is 0.383 e. The number of nitrogen functional groups attached to an aromatic ring is 1. The molecule has 9 nitrogen and oxygen atoms in total. The minimum atomic E-state index is -1.02. The predicted octanol–water partition coefficient (Wildman–Crippen LogP) is 4.85. The summed E-state index contributed by atoms with van der Waals surface area (Å²) in [5, 5.41) is 15.2.